The van der Waals surface area contributed by atoms with E-state index in [4.69, 9.17) is 4.74 Å². The van der Waals surface area contributed by atoms with Gasteiger partial charge in [0.15, 0.2) is 5.70 Å². The van der Waals surface area contributed by atoms with E-state index in [0.29, 0.717) is 16.8 Å². The van der Waals surface area contributed by atoms with E-state index in [-0.39, 0.29) is 23.2 Å². The van der Waals surface area contributed by atoms with Crippen molar-refractivity contribution < 1.29 is 19.2 Å². The Bertz CT molecular complexity index is 944. The van der Waals surface area contributed by atoms with Gasteiger partial charge in [-0.1, -0.05) is 0 Å². The van der Waals surface area contributed by atoms with Gasteiger partial charge in [0.25, 0.3) is 5.69 Å². The normalized spacial score (nSPS) is 14.7. The zero-order valence-corrected chi connectivity index (χ0v) is 13.6. The highest BCUT2D eigenvalue weighted by molar-refractivity contribution is 6.13. The third-order valence-corrected chi connectivity index (χ3v) is 3.48. The first kappa shape index (κ1) is 17.0. The van der Waals surface area contributed by atoms with E-state index in [9.17, 15) is 19.7 Å². The van der Waals surface area contributed by atoms with Crippen molar-refractivity contribution in [3.63, 3.8) is 0 Å². The molecule has 8 nitrogen and oxygen atoms in total. The number of hydrogen-bond donors (Lipinski definition) is 1. The Labute approximate surface area is 148 Å². The maximum absolute atomic E-state index is 12.0. The largest absolute Gasteiger partial charge is 0.402 e. The number of nitrogens with zero attached hydrogens (tertiary/aromatic N) is 2. The molecule has 0 bridgehead atoms. The van der Waals surface area contributed by atoms with Crippen LogP contribution in [0.5, 0.6) is 0 Å². The van der Waals surface area contributed by atoms with Crippen molar-refractivity contribution in [1.29, 1.82) is 0 Å². The number of nitro benzene ring substituents is 1. The fourth-order valence-electron chi connectivity index (χ4n) is 2.28. The number of cyclic esters (lactones) is 1. The first-order valence-electron chi connectivity index (χ1n) is 7.57. The van der Waals surface area contributed by atoms with Gasteiger partial charge in [-0.25, -0.2) is 9.79 Å². The number of carbonyl (C=O) groups is 2. The number of ether oxygens (including phenoxy) is 1. The van der Waals surface area contributed by atoms with Crippen LogP contribution in [0.3, 0.4) is 0 Å². The number of aliphatic imine (C=N–C) groups is 1. The molecule has 0 fully saturated rings. The fourth-order valence-corrected chi connectivity index (χ4v) is 2.28. The number of esters is 1. The smallest absolute Gasteiger partial charge is 0.363 e. The van der Waals surface area contributed by atoms with Crippen molar-refractivity contribution in [2.75, 3.05) is 5.32 Å². The Morgan fingerprint density at radius 1 is 1.15 bits per heavy atom. The minimum absolute atomic E-state index is 0.0374. The zero-order valence-electron chi connectivity index (χ0n) is 13.6. The molecule has 0 aliphatic carbocycles. The summed E-state index contributed by atoms with van der Waals surface area (Å²) in [5.41, 5.74) is 1.85. The predicted octanol–water partition coefficient (Wildman–Crippen LogP) is 2.90. The number of rotatable bonds is 4. The van der Waals surface area contributed by atoms with Crippen LogP contribution in [0.15, 0.2) is 59.2 Å². The molecule has 1 amide bonds. The molecule has 0 unspecified atom stereocenters. The van der Waals surface area contributed by atoms with Crippen LogP contribution in [0.2, 0.25) is 0 Å². The van der Waals surface area contributed by atoms with Crippen LogP contribution in [0, 0.1) is 10.1 Å². The average Bonchev–Trinajstić information content (AvgIpc) is 2.96. The maximum atomic E-state index is 12.0. The summed E-state index contributed by atoms with van der Waals surface area (Å²) in [7, 11) is 0. The van der Waals surface area contributed by atoms with Crippen LogP contribution in [0.1, 0.15) is 18.1 Å². The van der Waals surface area contributed by atoms with Crippen molar-refractivity contribution >= 4 is 35.2 Å². The average molecular weight is 351 g/mol. The predicted molar refractivity (Wildman–Crippen MR) is 94.4 cm³/mol. The number of anilines is 1. The molecule has 1 aliphatic heterocycles. The van der Waals surface area contributed by atoms with Crippen LogP contribution in [-0.2, 0) is 14.3 Å². The van der Waals surface area contributed by atoms with E-state index in [0.717, 1.165) is 0 Å². The summed E-state index contributed by atoms with van der Waals surface area (Å²) in [5, 5.41) is 13.3. The molecule has 0 aromatic heterocycles. The number of hydrogen-bond acceptors (Lipinski definition) is 6. The number of nitrogens with one attached hydrogen (secondary N) is 1. The second kappa shape index (κ2) is 6.98. The summed E-state index contributed by atoms with van der Waals surface area (Å²) >= 11 is 0. The van der Waals surface area contributed by atoms with Crippen LogP contribution < -0.4 is 5.32 Å². The molecule has 0 saturated carbocycles. The van der Waals surface area contributed by atoms with Gasteiger partial charge in [-0.2, -0.15) is 0 Å². The van der Waals surface area contributed by atoms with Crippen molar-refractivity contribution in [2.45, 2.75) is 6.92 Å². The molecule has 0 spiro atoms. The van der Waals surface area contributed by atoms with Gasteiger partial charge in [0.05, 0.1) is 4.92 Å². The lowest BCUT2D eigenvalue weighted by molar-refractivity contribution is -0.384. The third-order valence-electron chi connectivity index (χ3n) is 3.48. The zero-order chi connectivity index (χ0) is 18.7. The molecular formula is C18H13N3O5. The van der Waals surface area contributed by atoms with E-state index in [1.54, 1.807) is 24.3 Å². The molecule has 1 N–H and O–H groups in total. The van der Waals surface area contributed by atoms with Gasteiger partial charge >= 0.3 is 5.97 Å². The van der Waals surface area contributed by atoms with Crippen LogP contribution in [0.4, 0.5) is 11.4 Å². The lowest BCUT2D eigenvalue weighted by Crippen LogP contribution is -2.07. The number of nitro groups is 1. The lowest BCUT2D eigenvalue weighted by Gasteiger charge is -2.03. The molecule has 3 rings (SSSR count). The molecule has 0 saturated heterocycles. The minimum Gasteiger partial charge on any atom is -0.402 e. The Kier molecular flexibility index (Phi) is 4.57. The molecule has 0 atom stereocenters. The topological polar surface area (TPSA) is 111 Å². The summed E-state index contributed by atoms with van der Waals surface area (Å²) in [6.07, 6.45) is 1.49. The highest BCUT2D eigenvalue weighted by Crippen LogP contribution is 2.21. The molecule has 26 heavy (non-hydrogen) atoms. The quantitative estimate of drug-likeness (QED) is 0.394. The molecule has 0 radical (unpaired) electrons. The second-order valence-electron chi connectivity index (χ2n) is 5.44. The molecule has 2 aromatic carbocycles. The standard InChI is InChI=1S/C18H13N3O5/c1-11(22)19-14-6-4-13(5-7-14)17-20-16(18(23)26-17)10-12-2-8-15(9-3-12)21(24)25/h2-10H,1H3,(H,19,22)/b16-10-. The third kappa shape index (κ3) is 3.81. The molecule has 8 heteroatoms. The van der Waals surface area contributed by atoms with Gasteiger partial charge < -0.3 is 10.1 Å². The molecule has 1 aliphatic rings. The van der Waals surface area contributed by atoms with Crippen molar-refractivity contribution in [1.82, 2.24) is 0 Å². The van der Waals surface area contributed by atoms with Crippen LogP contribution in [0.25, 0.3) is 6.08 Å². The first-order valence-corrected chi connectivity index (χ1v) is 7.57. The van der Waals surface area contributed by atoms with Gasteiger partial charge in [-0.3, -0.25) is 14.9 Å². The SMILES string of the molecule is CC(=O)Nc1ccc(C2=N/C(=C\c3ccc([N+](=O)[O-])cc3)C(=O)O2)cc1. The Balaban J connectivity index is 1.82. The Morgan fingerprint density at radius 3 is 2.38 bits per heavy atom. The molecule has 1 heterocycles. The van der Waals surface area contributed by atoms with Crippen LogP contribution in [-0.4, -0.2) is 22.7 Å². The summed E-state index contributed by atoms with van der Waals surface area (Å²) in [4.78, 5) is 37.3. The minimum atomic E-state index is -0.607. The number of non-ortho nitro benzene ring substituents is 1. The maximum Gasteiger partial charge on any atom is 0.363 e. The van der Waals surface area contributed by atoms with E-state index >= 15 is 0 Å². The molecule has 2 aromatic rings. The lowest BCUT2D eigenvalue weighted by atomic mass is 10.2. The Morgan fingerprint density at radius 2 is 1.81 bits per heavy atom. The number of benzene rings is 2. The monoisotopic (exact) mass is 351 g/mol. The van der Waals surface area contributed by atoms with E-state index < -0.39 is 10.9 Å². The highest BCUT2D eigenvalue weighted by atomic mass is 16.6. The van der Waals surface area contributed by atoms with E-state index in [2.05, 4.69) is 10.3 Å². The van der Waals surface area contributed by atoms with E-state index in [1.807, 2.05) is 0 Å². The summed E-state index contributed by atoms with van der Waals surface area (Å²) in [6, 6.07) is 12.4. The second-order valence-corrected chi connectivity index (χ2v) is 5.44. The summed E-state index contributed by atoms with van der Waals surface area (Å²) in [6.45, 7) is 1.41. The van der Waals surface area contributed by atoms with Crippen molar-refractivity contribution in [3.05, 3.63) is 75.5 Å². The van der Waals surface area contributed by atoms with Gasteiger partial charge in [0, 0.05) is 30.3 Å². The number of carbonyl (C=O) groups excluding carboxylic acids is 2. The molecular weight excluding hydrogens is 338 g/mol. The summed E-state index contributed by atoms with van der Waals surface area (Å²) in [5.74, 6) is -0.641. The Hall–Kier alpha value is -3.81. The van der Waals surface area contributed by atoms with Gasteiger partial charge in [0.1, 0.15) is 0 Å². The van der Waals surface area contributed by atoms with Gasteiger partial charge in [-0.15, -0.1) is 0 Å². The van der Waals surface area contributed by atoms with Crippen molar-refractivity contribution in [3.8, 4) is 0 Å². The highest BCUT2D eigenvalue weighted by Gasteiger charge is 2.24. The fraction of sp³-hybridized carbons (Fsp3) is 0.0556. The van der Waals surface area contributed by atoms with Crippen molar-refractivity contribution in [2.24, 2.45) is 4.99 Å². The van der Waals surface area contributed by atoms with Gasteiger partial charge in [0.2, 0.25) is 11.8 Å². The van der Waals surface area contributed by atoms with Gasteiger partial charge in [-0.05, 0) is 48.0 Å². The van der Waals surface area contributed by atoms with Crippen LogP contribution >= 0.6 is 0 Å². The summed E-state index contributed by atoms with van der Waals surface area (Å²) < 4.78 is 5.16. The molecule has 130 valence electrons. The van der Waals surface area contributed by atoms with E-state index in [1.165, 1.54) is 37.3 Å². The number of amides is 1. The first-order chi connectivity index (χ1) is 12.4.